The Balaban J connectivity index is 1.25. The van der Waals surface area contributed by atoms with E-state index in [1.165, 1.54) is 0 Å². The van der Waals surface area contributed by atoms with Gasteiger partial charge in [-0.1, -0.05) is 61.5 Å². The molecule has 2 unspecified atom stereocenters. The van der Waals surface area contributed by atoms with Crippen molar-refractivity contribution >= 4 is 17.4 Å². The number of aliphatic hydroxyl groups excluding tert-OH is 1. The van der Waals surface area contributed by atoms with Crippen LogP contribution in [0.15, 0.2) is 72.8 Å². The molecule has 1 amide bonds. The predicted molar refractivity (Wildman–Crippen MR) is 155 cm³/mol. The molecule has 5 heteroatoms. The van der Waals surface area contributed by atoms with Gasteiger partial charge in [-0.2, -0.15) is 0 Å². The van der Waals surface area contributed by atoms with Crippen LogP contribution >= 0.6 is 0 Å². The van der Waals surface area contributed by atoms with Crippen molar-refractivity contribution in [3.8, 4) is 11.8 Å². The van der Waals surface area contributed by atoms with Crippen LogP contribution in [0.3, 0.4) is 0 Å². The highest BCUT2D eigenvalue weighted by molar-refractivity contribution is 5.94. The molecule has 6 atom stereocenters. The summed E-state index contributed by atoms with van der Waals surface area (Å²) in [4.78, 5) is 27.4. The number of aliphatic hydroxyl groups is 1. The van der Waals surface area contributed by atoms with Gasteiger partial charge in [-0.15, -0.1) is 11.8 Å². The Morgan fingerprint density at radius 1 is 1.08 bits per heavy atom. The molecule has 206 valence electrons. The van der Waals surface area contributed by atoms with Gasteiger partial charge < -0.3 is 14.7 Å². The monoisotopic (exact) mass is 527 g/mol. The van der Waals surface area contributed by atoms with E-state index in [4.69, 9.17) is 4.74 Å². The molecule has 2 aromatic carbocycles. The quantitative estimate of drug-likeness (QED) is 0.214. The zero-order valence-corrected chi connectivity index (χ0v) is 23.2. The maximum Gasteiger partial charge on any atom is 0.253 e. The third-order valence-electron chi connectivity index (χ3n) is 8.33. The van der Waals surface area contributed by atoms with Gasteiger partial charge in [0.2, 0.25) is 0 Å². The number of amides is 1. The lowest BCUT2D eigenvalue weighted by atomic mass is 9.89. The van der Waals surface area contributed by atoms with Gasteiger partial charge in [0.1, 0.15) is 6.61 Å². The summed E-state index contributed by atoms with van der Waals surface area (Å²) >= 11 is 0. The number of ether oxygens (including phenoxy) is 1. The Labute approximate surface area is 233 Å². The minimum atomic E-state index is -0.377. The van der Waals surface area contributed by atoms with E-state index in [1.54, 1.807) is 17.9 Å². The number of ketones is 1. The second-order valence-corrected chi connectivity index (χ2v) is 11.1. The second kappa shape index (κ2) is 14.3. The minimum Gasteiger partial charge on any atom is -0.392 e. The second-order valence-electron chi connectivity index (χ2n) is 11.1. The molecule has 5 nitrogen and oxygen atoms in total. The average Bonchev–Trinajstić information content (AvgIpc) is 3.48. The summed E-state index contributed by atoms with van der Waals surface area (Å²) in [5.74, 6) is 7.17. The SMILES string of the molecule is CC#CCC(C)C(=O)C=C[C@H]1[C@@H]2CC(CCOCC(=O)N(Cc3ccccc3)c3ccccc3)C[C@H]2C[C@@H]1O. The summed E-state index contributed by atoms with van der Waals surface area (Å²) in [6, 6.07) is 19.7. The number of nitrogens with zero attached hydrogens (tertiary/aromatic N) is 1. The van der Waals surface area contributed by atoms with E-state index in [0.717, 1.165) is 36.9 Å². The van der Waals surface area contributed by atoms with E-state index in [9.17, 15) is 14.7 Å². The highest BCUT2D eigenvalue weighted by Crippen LogP contribution is 2.51. The first kappa shape index (κ1) is 28.8. The van der Waals surface area contributed by atoms with Crippen molar-refractivity contribution in [2.75, 3.05) is 18.1 Å². The fourth-order valence-electron chi connectivity index (χ4n) is 6.19. The lowest BCUT2D eigenvalue weighted by molar-refractivity contribution is -0.123. The number of carbonyl (C=O) groups is 2. The molecule has 0 spiro atoms. The van der Waals surface area contributed by atoms with Crippen molar-refractivity contribution in [2.45, 2.75) is 58.6 Å². The molecule has 2 aliphatic rings. The van der Waals surface area contributed by atoms with E-state index in [1.807, 2.05) is 73.7 Å². The molecule has 1 N–H and O–H groups in total. The van der Waals surface area contributed by atoms with Crippen LogP contribution in [-0.2, 0) is 20.9 Å². The number of fused-ring (bicyclic) bond motifs is 1. The van der Waals surface area contributed by atoms with E-state index in [2.05, 4.69) is 11.8 Å². The number of rotatable bonds is 12. The van der Waals surface area contributed by atoms with Crippen LogP contribution in [-0.4, -0.2) is 36.1 Å². The molecule has 2 fully saturated rings. The molecule has 2 aromatic rings. The van der Waals surface area contributed by atoms with Crippen molar-refractivity contribution < 1.29 is 19.4 Å². The Hall–Kier alpha value is -3.20. The third kappa shape index (κ3) is 7.91. The van der Waals surface area contributed by atoms with Gasteiger partial charge in [-0.05, 0) is 74.1 Å². The first-order chi connectivity index (χ1) is 19.0. The molecule has 4 rings (SSSR count). The molecular weight excluding hydrogens is 486 g/mol. The van der Waals surface area contributed by atoms with E-state index in [-0.39, 0.29) is 36.2 Å². The maximum absolute atomic E-state index is 13.1. The maximum atomic E-state index is 13.1. The summed E-state index contributed by atoms with van der Waals surface area (Å²) in [6.45, 7) is 4.79. The number of hydrogen-bond acceptors (Lipinski definition) is 4. The lowest BCUT2D eigenvalue weighted by Gasteiger charge is -2.23. The van der Waals surface area contributed by atoms with Gasteiger partial charge in [0.05, 0.1) is 12.6 Å². The molecule has 0 saturated heterocycles. The van der Waals surface area contributed by atoms with Gasteiger partial charge >= 0.3 is 0 Å². The molecule has 0 bridgehead atoms. The van der Waals surface area contributed by atoms with Crippen molar-refractivity contribution in [3.05, 3.63) is 78.4 Å². The fraction of sp³-hybridized carbons (Fsp3) is 0.471. The first-order valence-electron chi connectivity index (χ1n) is 14.2. The van der Waals surface area contributed by atoms with Crippen molar-refractivity contribution in [3.63, 3.8) is 0 Å². The molecule has 0 aromatic heterocycles. The third-order valence-corrected chi connectivity index (χ3v) is 8.33. The molecule has 0 radical (unpaired) electrons. The number of hydrogen-bond donors (Lipinski definition) is 1. The summed E-state index contributed by atoms with van der Waals surface area (Å²) in [6.07, 6.45) is 7.63. The van der Waals surface area contributed by atoms with Crippen LogP contribution in [0.1, 0.15) is 51.5 Å². The van der Waals surface area contributed by atoms with Gasteiger partial charge in [0, 0.05) is 30.6 Å². The van der Waals surface area contributed by atoms with E-state index < -0.39 is 0 Å². The topological polar surface area (TPSA) is 66.8 Å². The van der Waals surface area contributed by atoms with Crippen molar-refractivity contribution in [2.24, 2.45) is 29.6 Å². The van der Waals surface area contributed by atoms with Crippen LogP contribution in [0.5, 0.6) is 0 Å². The summed E-state index contributed by atoms with van der Waals surface area (Å²) in [5, 5.41) is 10.6. The predicted octanol–water partition coefficient (Wildman–Crippen LogP) is 5.82. The number of para-hydroxylation sites is 1. The van der Waals surface area contributed by atoms with Gasteiger partial charge in [0.15, 0.2) is 5.78 Å². The Morgan fingerprint density at radius 2 is 1.79 bits per heavy atom. The lowest BCUT2D eigenvalue weighted by Crippen LogP contribution is -2.33. The average molecular weight is 528 g/mol. The van der Waals surface area contributed by atoms with Crippen LogP contribution in [0, 0.1) is 41.4 Å². The summed E-state index contributed by atoms with van der Waals surface area (Å²) in [5.41, 5.74) is 1.94. The van der Waals surface area contributed by atoms with Gasteiger partial charge in [-0.25, -0.2) is 0 Å². The van der Waals surface area contributed by atoms with Crippen molar-refractivity contribution in [1.29, 1.82) is 0 Å². The number of carbonyl (C=O) groups excluding carboxylic acids is 2. The molecule has 39 heavy (non-hydrogen) atoms. The van der Waals surface area contributed by atoms with Crippen LogP contribution < -0.4 is 4.90 Å². The number of anilines is 1. The van der Waals surface area contributed by atoms with Crippen molar-refractivity contribution in [1.82, 2.24) is 0 Å². The van der Waals surface area contributed by atoms with Crippen LogP contribution in [0.25, 0.3) is 0 Å². The Kier molecular flexibility index (Phi) is 10.5. The number of allylic oxidation sites excluding steroid dienone is 1. The fourth-order valence-corrected chi connectivity index (χ4v) is 6.19. The normalized spacial score (nSPS) is 24.6. The largest absolute Gasteiger partial charge is 0.392 e. The highest BCUT2D eigenvalue weighted by atomic mass is 16.5. The van der Waals surface area contributed by atoms with Gasteiger partial charge in [0.25, 0.3) is 5.91 Å². The number of benzene rings is 2. The summed E-state index contributed by atoms with van der Waals surface area (Å²) < 4.78 is 5.89. The van der Waals surface area contributed by atoms with Crippen LogP contribution in [0.4, 0.5) is 5.69 Å². The molecule has 0 heterocycles. The minimum absolute atomic E-state index is 0.0355. The highest BCUT2D eigenvalue weighted by Gasteiger charge is 2.46. The summed E-state index contributed by atoms with van der Waals surface area (Å²) in [7, 11) is 0. The smallest absolute Gasteiger partial charge is 0.253 e. The Morgan fingerprint density at radius 3 is 2.51 bits per heavy atom. The van der Waals surface area contributed by atoms with Gasteiger partial charge in [-0.3, -0.25) is 9.59 Å². The zero-order chi connectivity index (χ0) is 27.6. The van der Waals surface area contributed by atoms with Crippen LogP contribution in [0.2, 0.25) is 0 Å². The Bertz CT molecular complexity index is 1170. The molecule has 2 saturated carbocycles. The zero-order valence-electron chi connectivity index (χ0n) is 23.2. The molecular formula is C34H41NO4. The first-order valence-corrected chi connectivity index (χ1v) is 14.2. The molecule has 2 aliphatic carbocycles. The van der Waals surface area contributed by atoms with E-state index >= 15 is 0 Å². The molecule has 0 aliphatic heterocycles. The standard InChI is InChI=1S/C34H41NO4/c1-3-4-11-25(2)32(36)17-16-30-31-21-27(20-28(31)22-33(30)37)18-19-39-24-34(38)35(29-14-9-6-10-15-29)23-26-12-7-5-8-13-26/h5-10,12-17,25,27-28,30-31,33,37H,11,18-24H2,1-2H3/t25?,27?,28-,30-,31+,33-/m0/s1. The van der Waals surface area contributed by atoms with E-state index in [0.29, 0.717) is 37.3 Å².